The average molecular weight is 1010 g/mol. The fraction of sp³-hybridized carbons (Fsp3) is 0.518. The van der Waals surface area contributed by atoms with E-state index < -0.39 is 20.0 Å². The van der Waals surface area contributed by atoms with Crippen LogP contribution in [-0.2, 0) is 37.7 Å². The van der Waals surface area contributed by atoms with Gasteiger partial charge >= 0.3 is 0 Å². The van der Waals surface area contributed by atoms with Crippen LogP contribution in [0.1, 0.15) is 133 Å². The Balaban J connectivity index is 0.000000178. The van der Waals surface area contributed by atoms with E-state index >= 15 is 0 Å². The lowest BCUT2D eigenvalue weighted by Crippen LogP contribution is -2.25. The lowest BCUT2D eigenvalue weighted by molar-refractivity contribution is -0.107. The van der Waals surface area contributed by atoms with E-state index in [1.807, 2.05) is 67.6 Å². The molecule has 0 amide bonds. The number of sulfonamides is 2. The fourth-order valence-electron chi connectivity index (χ4n) is 11.2. The van der Waals surface area contributed by atoms with Crippen LogP contribution < -0.4 is 23.4 Å². The molecule has 13 nitrogen and oxygen atoms in total. The van der Waals surface area contributed by atoms with Gasteiger partial charge in [-0.2, -0.15) is 0 Å². The third-order valence-electron chi connectivity index (χ3n) is 15.1. The lowest BCUT2D eigenvalue weighted by atomic mass is 9.83. The molecule has 1 N–H and O–H groups in total. The topological polar surface area (TPSA) is 160 Å². The standard InChI is InChI=1S/C28H36N2O4S.C25H30N2O4S.C3H6O/c1-2-14-29-16-12-23(20-34-25-10-6-22-7-11-28(31)27(22)19-25)26(13-17-29)21-4-8-24(9-5-21)30-15-3-18-35(30,32)33;28-25-9-5-19-4-8-22(16-24(19)25)31-17-20-10-12-26-13-11-23(20)18-2-6-21(7-3-18)27-14-1-15-32(27,29)30;1-2-3-4/h4-6,8-10,19,23,26H,2-3,7,11-18,20H2,1H3;2-4,6-8,16,20,23,26H,1,5,9-15,17H2;3H,2H2,1H3/t23-,26-;20-,23-;/m00./s1. The molecule has 4 aromatic rings. The number of ether oxygens (including phenoxy) is 2. The minimum Gasteiger partial charge on any atom is -0.493 e. The number of likely N-dealkylation sites (tertiary alicyclic amines) is 1. The van der Waals surface area contributed by atoms with Crippen molar-refractivity contribution in [2.75, 3.05) is 79.1 Å². The van der Waals surface area contributed by atoms with Crippen molar-refractivity contribution in [1.29, 1.82) is 0 Å². The van der Waals surface area contributed by atoms with Crippen LogP contribution in [0.4, 0.5) is 11.4 Å². The average Bonchev–Trinajstić information content (AvgIpc) is 4.06. The summed E-state index contributed by atoms with van der Waals surface area (Å²) in [6.45, 7) is 11.5. The summed E-state index contributed by atoms with van der Waals surface area (Å²) < 4.78 is 64.7. The fourth-order valence-corrected chi connectivity index (χ4v) is 14.3. The maximum atomic E-state index is 12.3. The molecule has 4 atom stereocenters. The molecular formula is C56H72N4O9S2. The molecule has 0 spiro atoms. The molecule has 4 aromatic carbocycles. The molecule has 4 heterocycles. The van der Waals surface area contributed by atoms with Crippen molar-refractivity contribution in [3.05, 3.63) is 118 Å². The molecule has 0 bridgehead atoms. The van der Waals surface area contributed by atoms with E-state index in [-0.39, 0.29) is 23.1 Å². The van der Waals surface area contributed by atoms with E-state index in [4.69, 9.17) is 9.47 Å². The number of hydrogen-bond acceptors (Lipinski definition) is 11. The Bertz CT molecular complexity index is 2700. The molecule has 10 rings (SSSR count). The number of ketones is 2. The number of aldehydes is 1. The molecule has 0 saturated carbocycles. The molecule has 4 aliphatic heterocycles. The van der Waals surface area contributed by atoms with Crippen LogP contribution >= 0.6 is 0 Å². The number of hydrogen-bond donors (Lipinski definition) is 1. The minimum absolute atomic E-state index is 0.210. The number of fused-ring (bicyclic) bond motifs is 2. The summed E-state index contributed by atoms with van der Waals surface area (Å²) >= 11 is 0. The highest BCUT2D eigenvalue weighted by molar-refractivity contribution is 7.93. The van der Waals surface area contributed by atoms with Gasteiger partial charge < -0.3 is 24.5 Å². The van der Waals surface area contributed by atoms with Gasteiger partial charge in [0.25, 0.3) is 0 Å². The van der Waals surface area contributed by atoms with Crippen molar-refractivity contribution in [3.8, 4) is 11.5 Å². The summed E-state index contributed by atoms with van der Waals surface area (Å²) in [6, 6.07) is 28.1. The van der Waals surface area contributed by atoms with Gasteiger partial charge in [-0.25, -0.2) is 16.8 Å². The zero-order valence-electron chi connectivity index (χ0n) is 41.6. The summed E-state index contributed by atoms with van der Waals surface area (Å²) in [5.74, 6) is 3.82. The predicted molar refractivity (Wildman–Crippen MR) is 280 cm³/mol. The highest BCUT2D eigenvalue weighted by Gasteiger charge is 2.33. The monoisotopic (exact) mass is 1010 g/mol. The molecule has 15 heteroatoms. The number of nitrogens with one attached hydrogen (secondary N) is 1. The molecule has 2 aliphatic carbocycles. The van der Waals surface area contributed by atoms with Gasteiger partial charge in [0.15, 0.2) is 11.6 Å². The number of rotatable bonds is 13. The summed E-state index contributed by atoms with van der Waals surface area (Å²) in [5, 5.41) is 3.49. The second kappa shape index (κ2) is 24.1. The zero-order chi connectivity index (χ0) is 50.0. The first-order valence-corrected chi connectivity index (χ1v) is 29.2. The first-order valence-electron chi connectivity index (χ1n) is 26.0. The molecule has 0 radical (unpaired) electrons. The van der Waals surface area contributed by atoms with Gasteiger partial charge in [0.2, 0.25) is 20.0 Å². The van der Waals surface area contributed by atoms with Crippen molar-refractivity contribution in [2.45, 2.75) is 103 Å². The normalized spacial score (nSPS) is 23.6. The molecule has 6 aliphatic rings. The van der Waals surface area contributed by atoms with Gasteiger partial charge in [-0.15, -0.1) is 0 Å². The Morgan fingerprint density at radius 1 is 0.592 bits per heavy atom. The van der Waals surface area contributed by atoms with Crippen molar-refractivity contribution < 1.29 is 40.7 Å². The van der Waals surface area contributed by atoms with E-state index in [1.54, 1.807) is 4.31 Å². The SMILES string of the molecule is CCC=O.CCCN1CC[C@@H](COc2ccc3c(c2)C(=O)CC3)[C@H](c2ccc(N3CCCS3(=O)=O)cc2)CC1.O=C1CCc2ccc(OC[C@@H]3CCNCC[C@H]3c3ccc(N4CCCS4(=O)=O)cc3)cc21. The number of nitrogens with zero attached hydrogens (tertiary/aromatic N) is 3. The Hall–Kier alpha value is -5.09. The summed E-state index contributed by atoms with van der Waals surface area (Å²) in [4.78, 5) is 36.0. The van der Waals surface area contributed by atoms with Crippen LogP contribution in [0.25, 0.3) is 0 Å². The lowest BCUT2D eigenvalue weighted by Gasteiger charge is -2.26. The first-order chi connectivity index (χ1) is 34.4. The third kappa shape index (κ3) is 12.9. The smallest absolute Gasteiger partial charge is 0.235 e. The van der Waals surface area contributed by atoms with Gasteiger partial charge in [0.1, 0.15) is 17.8 Å². The molecule has 382 valence electrons. The second-order valence-corrected chi connectivity index (χ2v) is 23.9. The van der Waals surface area contributed by atoms with Gasteiger partial charge in [0.05, 0.1) is 36.1 Å². The van der Waals surface area contributed by atoms with Gasteiger partial charge in [-0.3, -0.25) is 18.2 Å². The zero-order valence-corrected chi connectivity index (χ0v) is 43.2. The van der Waals surface area contributed by atoms with Crippen LogP contribution in [0.15, 0.2) is 84.9 Å². The van der Waals surface area contributed by atoms with Crippen molar-refractivity contribution in [2.24, 2.45) is 11.8 Å². The highest BCUT2D eigenvalue weighted by Crippen LogP contribution is 2.38. The van der Waals surface area contributed by atoms with Crippen molar-refractivity contribution >= 4 is 49.3 Å². The Labute approximate surface area is 421 Å². The van der Waals surface area contributed by atoms with Crippen molar-refractivity contribution in [3.63, 3.8) is 0 Å². The molecule has 0 aromatic heterocycles. The molecule has 4 saturated heterocycles. The van der Waals surface area contributed by atoms with Crippen LogP contribution in [0.3, 0.4) is 0 Å². The van der Waals surface area contributed by atoms with Crippen molar-refractivity contribution in [1.82, 2.24) is 10.2 Å². The molecule has 71 heavy (non-hydrogen) atoms. The van der Waals surface area contributed by atoms with Gasteiger partial charge in [-0.05, 0) is 173 Å². The number of benzene rings is 4. The number of Topliss-reactive ketones (excluding diaryl/α,β-unsaturated/α-hetero) is 2. The summed E-state index contributed by atoms with van der Waals surface area (Å²) in [5.41, 5.74) is 7.89. The third-order valence-corrected chi connectivity index (χ3v) is 18.8. The predicted octanol–water partition coefficient (Wildman–Crippen LogP) is 8.75. The largest absolute Gasteiger partial charge is 0.493 e. The first kappa shape index (κ1) is 52.2. The second-order valence-electron chi connectivity index (χ2n) is 19.8. The van der Waals surface area contributed by atoms with E-state index in [9.17, 15) is 31.2 Å². The number of aryl methyl sites for hydroxylation is 2. The Morgan fingerprint density at radius 3 is 1.52 bits per heavy atom. The molecule has 4 fully saturated rings. The van der Waals surface area contributed by atoms with Crippen LogP contribution in [0.5, 0.6) is 11.5 Å². The van der Waals surface area contributed by atoms with E-state index in [0.717, 1.165) is 129 Å². The molecule has 0 unspecified atom stereocenters. The van der Waals surface area contributed by atoms with Crippen LogP contribution in [0, 0.1) is 11.8 Å². The van der Waals surface area contributed by atoms with E-state index in [1.165, 1.54) is 15.4 Å². The summed E-state index contributed by atoms with van der Waals surface area (Å²) in [7, 11) is -6.34. The molecular weight excluding hydrogens is 937 g/mol. The minimum atomic E-state index is -3.17. The van der Waals surface area contributed by atoms with Gasteiger partial charge in [-0.1, -0.05) is 50.2 Å². The van der Waals surface area contributed by atoms with Gasteiger partial charge in [0, 0.05) is 55.3 Å². The van der Waals surface area contributed by atoms with Crippen LogP contribution in [0.2, 0.25) is 0 Å². The number of carbonyl (C=O) groups excluding carboxylic acids is 3. The highest BCUT2D eigenvalue weighted by atomic mass is 32.2. The maximum absolute atomic E-state index is 12.3. The maximum Gasteiger partial charge on any atom is 0.235 e. The number of carbonyl (C=O) groups is 3. The number of anilines is 2. The quantitative estimate of drug-likeness (QED) is 0.128. The van der Waals surface area contributed by atoms with Crippen LogP contribution in [-0.4, -0.2) is 110 Å². The Kier molecular flexibility index (Phi) is 17.7. The Morgan fingerprint density at radius 2 is 1.06 bits per heavy atom. The summed E-state index contributed by atoms with van der Waals surface area (Å²) in [6.07, 6.45) is 11.0. The van der Waals surface area contributed by atoms with E-state index in [0.29, 0.717) is 82.1 Å². The van der Waals surface area contributed by atoms with E-state index in [2.05, 4.69) is 41.4 Å².